The molecule has 0 amide bonds. The number of thioether (sulfide) groups is 1. The van der Waals surface area contributed by atoms with Crippen LogP contribution in [0.2, 0.25) is 0 Å². The van der Waals surface area contributed by atoms with E-state index in [1.807, 2.05) is 11.8 Å². The van der Waals surface area contributed by atoms with Gasteiger partial charge in [-0.1, -0.05) is 33.3 Å². The van der Waals surface area contributed by atoms with Crippen molar-refractivity contribution >= 4 is 17.4 Å². The highest BCUT2D eigenvalue weighted by Crippen LogP contribution is 2.37. The van der Waals surface area contributed by atoms with E-state index in [-0.39, 0.29) is 0 Å². The minimum Gasteiger partial charge on any atom is -0.382 e. The molecule has 0 heterocycles. The molecule has 0 bridgehead atoms. The first-order valence-corrected chi connectivity index (χ1v) is 9.12. The molecule has 1 aromatic rings. The molecule has 1 aromatic carbocycles. The maximum absolute atomic E-state index is 3.75. The smallest absolute Gasteiger partial charge is 0.0353 e. The fourth-order valence-electron chi connectivity index (χ4n) is 3.26. The van der Waals surface area contributed by atoms with Crippen LogP contribution in [-0.2, 0) is 0 Å². The van der Waals surface area contributed by atoms with Crippen molar-refractivity contribution in [2.24, 2.45) is 11.3 Å². The van der Waals surface area contributed by atoms with Gasteiger partial charge in [-0.15, -0.1) is 11.8 Å². The number of nitrogens with one attached hydrogen (secondary N) is 1. The van der Waals surface area contributed by atoms with E-state index >= 15 is 0 Å². The molecule has 0 aromatic heterocycles. The standard InChI is InChI=1S/C18H29NS/c1-18(2,3)14-7-5-8-15(12-11-14)19-16-9-6-10-17(13-16)20-4/h6,9-10,13-15,19H,5,7-8,11-12H2,1-4H3. The zero-order valence-corrected chi connectivity index (χ0v) is 14.2. The zero-order valence-electron chi connectivity index (χ0n) is 13.4. The van der Waals surface area contributed by atoms with Crippen molar-refractivity contribution in [3.8, 4) is 0 Å². The van der Waals surface area contributed by atoms with E-state index < -0.39 is 0 Å². The second kappa shape index (κ2) is 6.89. The van der Waals surface area contributed by atoms with Crippen LogP contribution in [0.1, 0.15) is 52.9 Å². The molecule has 0 radical (unpaired) electrons. The minimum atomic E-state index is 0.466. The zero-order chi connectivity index (χ0) is 14.6. The number of anilines is 1. The van der Waals surface area contributed by atoms with Crippen LogP contribution >= 0.6 is 11.8 Å². The van der Waals surface area contributed by atoms with Gasteiger partial charge < -0.3 is 5.32 Å². The summed E-state index contributed by atoms with van der Waals surface area (Å²) in [4.78, 5) is 1.34. The average Bonchev–Trinajstić information content (AvgIpc) is 2.64. The predicted molar refractivity (Wildman–Crippen MR) is 91.7 cm³/mol. The Hall–Kier alpha value is -0.630. The van der Waals surface area contributed by atoms with E-state index in [1.54, 1.807) is 0 Å². The molecule has 2 unspecified atom stereocenters. The largest absolute Gasteiger partial charge is 0.382 e. The molecule has 1 aliphatic rings. The van der Waals surface area contributed by atoms with Gasteiger partial charge in [0.1, 0.15) is 0 Å². The summed E-state index contributed by atoms with van der Waals surface area (Å²) in [6.45, 7) is 7.19. The van der Waals surface area contributed by atoms with Gasteiger partial charge in [0, 0.05) is 16.6 Å². The van der Waals surface area contributed by atoms with Gasteiger partial charge in [0.25, 0.3) is 0 Å². The van der Waals surface area contributed by atoms with Crippen molar-refractivity contribution in [3.05, 3.63) is 24.3 Å². The van der Waals surface area contributed by atoms with Crippen LogP contribution in [-0.4, -0.2) is 12.3 Å². The second-order valence-electron chi connectivity index (χ2n) is 7.14. The van der Waals surface area contributed by atoms with Crippen LogP contribution in [0.15, 0.2) is 29.2 Å². The van der Waals surface area contributed by atoms with Crippen molar-refractivity contribution in [2.75, 3.05) is 11.6 Å². The molecule has 0 saturated heterocycles. The van der Waals surface area contributed by atoms with Gasteiger partial charge in [0.15, 0.2) is 0 Å². The van der Waals surface area contributed by atoms with E-state index in [0.29, 0.717) is 11.5 Å². The molecule has 2 rings (SSSR count). The molecule has 112 valence electrons. The van der Waals surface area contributed by atoms with Crippen LogP contribution in [0.3, 0.4) is 0 Å². The SMILES string of the molecule is CSc1cccc(NC2CCCC(C(C)(C)C)CC2)c1. The first-order valence-electron chi connectivity index (χ1n) is 7.89. The van der Waals surface area contributed by atoms with Gasteiger partial charge in [-0.2, -0.15) is 0 Å². The van der Waals surface area contributed by atoms with Crippen LogP contribution < -0.4 is 5.32 Å². The fraction of sp³-hybridized carbons (Fsp3) is 0.667. The molecule has 2 atom stereocenters. The van der Waals surface area contributed by atoms with E-state index in [0.717, 1.165) is 5.92 Å². The Kier molecular flexibility index (Phi) is 5.42. The van der Waals surface area contributed by atoms with Gasteiger partial charge in [-0.25, -0.2) is 0 Å². The molecule has 2 heteroatoms. The van der Waals surface area contributed by atoms with Crippen molar-refractivity contribution in [2.45, 2.75) is 63.8 Å². The summed E-state index contributed by atoms with van der Waals surface area (Å²) in [5, 5.41) is 3.75. The molecular weight excluding hydrogens is 262 g/mol. The third-order valence-corrected chi connectivity index (χ3v) is 5.36. The van der Waals surface area contributed by atoms with Crippen LogP contribution in [0.25, 0.3) is 0 Å². The lowest BCUT2D eigenvalue weighted by molar-refractivity contribution is 0.214. The van der Waals surface area contributed by atoms with E-state index in [1.165, 1.54) is 42.7 Å². The molecule has 1 fully saturated rings. The van der Waals surface area contributed by atoms with Crippen molar-refractivity contribution in [1.29, 1.82) is 0 Å². The maximum atomic E-state index is 3.75. The Morgan fingerprint density at radius 1 is 1.10 bits per heavy atom. The molecule has 20 heavy (non-hydrogen) atoms. The summed E-state index contributed by atoms with van der Waals surface area (Å²) >= 11 is 1.81. The van der Waals surface area contributed by atoms with Crippen molar-refractivity contribution < 1.29 is 0 Å². The molecule has 1 aliphatic carbocycles. The van der Waals surface area contributed by atoms with Gasteiger partial charge in [-0.05, 0) is 61.5 Å². The number of hydrogen-bond acceptors (Lipinski definition) is 2. The normalized spacial score (nSPS) is 24.2. The Bertz CT molecular complexity index is 422. The van der Waals surface area contributed by atoms with Gasteiger partial charge in [-0.3, -0.25) is 0 Å². The lowest BCUT2D eigenvalue weighted by Gasteiger charge is -2.29. The summed E-state index contributed by atoms with van der Waals surface area (Å²) in [6.07, 6.45) is 8.89. The maximum Gasteiger partial charge on any atom is 0.0353 e. The number of hydrogen-bond donors (Lipinski definition) is 1. The summed E-state index contributed by atoms with van der Waals surface area (Å²) in [7, 11) is 0. The summed E-state index contributed by atoms with van der Waals surface area (Å²) in [5.41, 5.74) is 1.75. The lowest BCUT2D eigenvalue weighted by Crippen LogP contribution is -2.21. The topological polar surface area (TPSA) is 12.0 Å². The lowest BCUT2D eigenvalue weighted by atomic mass is 9.76. The average molecular weight is 292 g/mol. The van der Waals surface area contributed by atoms with Gasteiger partial charge in [0.05, 0.1) is 0 Å². The molecular formula is C18H29NS. The van der Waals surface area contributed by atoms with Crippen LogP contribution in [0.5, 0.6) is 0 Å². The third-order valence-electron chi connectivity index (χ3n) is 4.63. The quantitative estimate of drug-likeness (QED) is 0.556. The molecule has 0 aliphatic heterocycles. The fourth-order valence-corrected chi connectivity index (χ4v) is 3.72. The number of benzene rings is 1. The van der Waals surface area contributed by atoms with Crippen LogP contribution in [0.4, 0.5) is 5.69 Å². The molecule has 1 saturated carbocycles. The Morgan fingerprint density at radius 2 is 1.90 bits per heavy atom. The van der Waals surface area contributed by atoms with Crippen LogP contribution in [0, 0.1) is 11.3 Å². The highest BCUT2D eigenvalue weighted by Gasteiger charge is 2.27. The van der Waals surface area contributed by atoms with Crippen molar-refractivity contribution in [1.82, 2.24) is 0 Å². The summed E-state index contributed by atoms with van der Waals surface area (Å²) < 4.78 is 0. The highest BCUT2D eigenvalue weighted by atomic mass is 32.2. The minimum absolute atomic E-state index is 0.466. The molecule has 0 spiro atoms. The summed E-state index contributed by atoms with van der Waals surface area (Å²) in [6, 6.07) is 9.46. The molecule has 1 N–H and O–H groups in total. The first kappa shape index (κ1) is 15.8. The van der Waals surface area contributed by atoms with E-state index in [9.17, 15) is 0 Å². The van der Waals surface area contributed by atoms with E-state index in [2.05, 4.69) is 56.6 Å². The third kappa shape index (κ3) is 4.44. The van der Waals surface area contributed by atoms with Crippen molar-refractivity contribution in [3.63, 3.8) is 0 Å². The Morgan fingerprint density at radius 3 is 2.60 bits per heavy atom. The summed E-state index contributed by atoms with van der Waals surface area (Å²) in [5.74, 6) is 0.881. The van der Waals surface area contributed by atoms with E-state index in [4.69, 9.17) is 0 Å². The monoisotopic (exact) mass is 291 g/mol. The Balaban J connectivity index is 1.94. The highest BCUT2D eigenvalue weighted by molar-refractivity contribution is 7.98. The second-order valence-corrected chi connectivity index (χ2v) is 8.02. The number of rotatable bonds is 3. The molecule has 1 nitrogen and oxygen atoms in total. The first-order chi connectivity index (χ1) is 9.49. The van der Waals surface area contributed by atoms with Gasteiger partial charge >= 0.3 is 0 Å². The van der Waals surface area contributed by atoms with Gasteiger partial charge in [0.2, 0.25) is 0 Å². The predicted octanol–water partition coefficient (Wildman–Crippen LogP) is 5.82. The Labute approximate surface area is 128 Å².